The molecule has 0 fully saturated rings. The molecule has 0 bridgehead atoms. The van der Waals surface area contributed by atoms with Gasteiger partial charge < -0.3 is 39.1 Å². The molecule has 9 heteroatoms. The van der Waals surface area contributed by atoms with E-state index in [9.17, 15) is 4.79 Å². The molecule has 0 aliphatic carbocycles. The summed E-state index contributed by atoms with van der Waals surface area (Å²) >= 11 is 0. The first kappa shape index (κ1) is 27.0. The molecule has 28 heavy (non-hydrogen) atoms. The van der Waals surface area contributed by atoms with Crippen LogP contribution in [0.1, 0.15) is 27.7 Å². The Morgan fingerprint density at radius 3 is 1.46 bits per heavy atom. The zero-order valence-corrected chi connectivity index (χ0v) is 18.1. The van der Waals surface area contributed by atoms with Gasteiger partial charge in [-0.05, 0) is 27.3 Å². The molecule has 0 unspecified atom stereocenters. The van der Waals surface area contributed by atoms with Crippen LogP contribution in [0.5, 0.6) is 0 Å². The molecule has 1 amide bonds. The van der Waals surface area contributed by atoms with Gasteiger partial charge in [0.15, 0.2) is 0 Å². The third-order valence-electron chi connectivity index (χ3n) is 3.10. The topological polar surface area (TPSA) is 96.5 Å². The maximum atomic E-state index is 11.4. The van der Waals surface area contributed by atoms with E-state index < -0.39 is 6.09 Å². The van der Waals surface area contributed by atoms with E-state index in [0.29, 0.717) is 66.1 Å². The second kappa shape index (κ2) is 19.4. The molecule has 0 radical (unpaired) electrons. The Balaban J connectivity index is 3.11. The standard InChI is InChI=1S/C19H40N2O7/c1-5-20-6-7-23-8-9-24-10-11-25-12-13-26-14-15-27-16-17-28-18(22)21-19(2,3)4/h20H,5-17H2,1-4H3,(H,21,22). The molecule has 0 rings (SSSR count). The van der Waals surface area contributed by atoms with Crippen molar-refractivity contribution in [3.63, 3.8) is 0 Å². The van der Waals surface area contributed by atoms with Crippen molar-refractivity contribution in [2.75, 3.05) is 85.8 Å². The van der Waals surface area contributed by atoms with Gasteiger partial charge in [-0.3, -0.25) is 0 Å². The van der Waals surface area contributed by atoms with Gasteiger partial charge in [0.2, 0.25) is 0 Å². The van der Waals surface area contributed by atoms with E-state index >= 15 is 0 Å². The number of carbonyl (C=O) groups is 1. The lowest BCUT2D eigenvalue weighted by Gasteiger charge is -2.19. The van der Waals surface area contributed by atoms with Gasteiger partial charge in [-0.2, -0.15) is 0 Å². The monoisotopic (exact) mass is 408 g/mol. The third kappa shape index (κ3) is 23.1. The normalized spacial score (nSPS) is 11.6. The molecule has 0 aliphatic heterocycles. The van der Waals surface area contributed by atoms with Gasteiger partial charge in [-0.15, -0.1) is 0 Å². The summed E-state index contributed by atoms with van der Waals surface area (Å²) in [5.41, 5.74) is -0.305. The molecular formula is C19H40N2O7. The second-order valence-electron chi connectivity index (χ2n) is 6.93. The number of carbonyl (C=O) groups excluding carboxylic acids is 1. The summed E-state index contributed by atoms with van der Waals surface area (Å²) in [6.07, 6.45) is -0.440. The second-order valence-corrected chi connectivity index (χ2v) is 6.93. The minimum atomic E-state index is -0.440. The first-order valence-electron chi connectivity index (χ1n) is 10.00. The van der Waals surface area contributed by atoms with Crippen LogP contribution in [-0.4, -0.2) is 97.4 Å². The van der Waals surface area contributed by atoms with Gasteiger partial charge >= 0.3 is 6.09 Å². The Morgan fingerprint density at radius 1 is 0.679 bits per heavy atom. The van der Waals surface area contributed by atoms with Crippen LogP contribution < -0.4 is 10.6 Å². The molecule has 0 aromatic rings. The van der Waals surface area contributed by atoms with Crippen LogP contribution >= 0.6 is 0 Å². The van der Waals surface area contributed by atoms with Crippen molar-refractivity contribution in [2.24, 2.45) is 0 Å². The Labute approximate surface area is 169 Å². The van der Waals surface area contributed by atoms with E-state index in [4.69, 9.17) is 28.4 Å². The molecule has 0 aromatic carbocycles. The fraction of sp³-hybridized carbons (Fsp3) is 0.947. The van der Waals surface area contributed by atoms with Gasteiger partial charge in [-0.25, -0.2) is 4.79 Å². The molecule has 0 saturated carbocycles. The number of alkyl carbamates (subject to hydrolysis) is 1. The minimum Gasteiger partial charge on any atom is -0.447 e. The molecule has 0 saturated heterocycles. The first-order valence-corrected chi connectivity index (χ1v) is 10.00. The average molecular weight is 409 g/mol. The number of ether oxygens (including phenoxy) is 6. The highest BCUT2D eigenvalue weighted by atomic mass is 16.6. The molecule has 0 spiro atoms. The molecular weight excluding hydrogens is 368 g/mol. The summed E-state index contributed by atoms with van der Waals surface area (Å²) in [6, 6.07) is 0. The van der Waals surface area contributed by atoms with Crippen LogP contribution in [0.25, 0.3) is 0 Å². The van der Waals surface area contributed by atoms with Crippen LogP contribution in [0.3, 0.4) is 0 Å². The lowest BCUT2D eigenvalue weighted by atomic mass is 10.1. The van der Waals surface area contributed by atoms with Gasteiger partial charge in [0.1, 0.15) is 6.61 Å². The van der Waals surface area contributed by atoms with Crippen molar-refractivity contribution >= 4 is 6.09 Å². The van der Waals surface area contributed by atoms with Crippen molar-refractivity contribution in [1.29, 1.82) is 0 Å². The molecule has 0 heterocycles. The van der Waals surface area contributed by atoms with Crippen LogP contribution in [0.15, 0.2) is 0 Å². The SMILES string of the molecule is CCNCCOCCOCCOCCOCCOCCOC(=O)NC(C)(C)C. The van der Waals surface area contributed by atoms with Gasteiger partial charge in [0.05, 0.1) is 66.1 Å². The average Bonchev–Trinajstić information content (AvgIpc) is 2.62. The van der Waals surface area contributed by atoms with Crippen LogP contribution in [0.2, 0.25) is 0 Å². The van der Waals surface area contributed by atoms with E-state index in [1.165, 1.54) is 0 Å². The highest BCUT2D eigenvalue weighted by molar-refractivity contribution is 5.67. The van der Waals surface area contributed by atoms with Crippen LogP contribution in [0.4, 0.5) is 4.79 Å². The third-order valence-corrected chi connectivity index (χ3v) is 3.10. The fourth-order valence-corrected chi connectivity index (χ4v) is 1.84. The van der Waals surface area contributed by atoms with Crippen LogP contribution in [-0.2, 0) is 28.4 Å². The van der Waals surface area contributed by atoms with Crippen molar-refractivity contribution in [3.05, 3.63) is 0 Å². The predicted molar refractivity (Wildman–Crippen MR) is 107 cm³/mol. The quantitative estimate of drug-likeness (QED) is 0.308. The summed E-state index contributed by atoms with van der Waals surface area (Å²) in [5, 5.41) is 5.89. The molecule has 168 valence electrons. The van der Waals surface area contributed by atoms with Crippen molar-refractivity contribution in [1.82, 2.24) is 10.6 Å². The van der Waals surface area contributed by atoms with Crippen molar-refractivity contribution < 1.29 is 33.2 Å². The Hall–Kier alpha value is -0.970. The number of amides is 1. The maximum absolute atomic E-state index is 11.4. The Morgan fingerprint density at radius 2 is 1.07 bits per heavy atom. The number of hydrogen-bond donors (Lipinski definition) is 2. The largest absolute Gasteiger partial charge is 0.447 e. The maximum Gasteiger partial charge on any atom is 0.407 e. The molecule has 2 N–H and O–H groups in total. The summed E-state index contributed by atoms with van der Waals surface area (Å²) in [7, 11) is 0. The minimum absolute atomic E-state index is 0.214. The first-order chi connectivity index (χ1) is 13.5. The highest BCUT2D eigenvalue weighted by Gasteiger charge is 2.14. The van der Waals surface area contributed by atoms with E-state index in [1.54, 1.807) is 0 Å². The summed E-state index contributed by atoms with van der Waals surface area (Å²) in [4.78, 5) is 11.4. The Kier molecular flexibility index (Phi) is 18.7. The summed E-state index contributed by atoms with van der Waals surface area (Å²) in [6.45, 7) is 15.0. The number of likely N-dealkylation sites (N-methyl/N-ethyl adjacent to an activating group) is 1. The lowest BCUT2D eigenvalue weighted by molar-refractivity contribution is -0.0137. The molecule has 0 atom stereocenters. The summed E-state index contributed by atoms with van der Waals surface area (Å²) < 4.78 is 31.9. The van der Waals surface area contributed by atoms with E-state index in [0.717, 1.165) is 13.1 Å². The summed E-state index contributed by atoms with van der Waals surface area (Å²) in [5.74, 6) is 0. The molecule has 9 nitrogen and oxygen atoms in total. The highest BCUT2D eigenvalue weighted by Crippen LogP contribution is 1.98. The van der Waals surface area contributed by atoms with Gasteiger partial charge in [0, 0.05) is 12.1 Å². The Bertz CT molecular complexity index is 352. The smallest absolute Gasteiger partial charge is 0.407 e. The predicted octanol–water partition coefficient (Wildman–Crippen LogP) is 1.20. The van der Waals surface area contributed by atoms with E-state index in [2.05, 4.69) is 17.6 Å². The van der Waals surface area contributed by atoms with E-state index in [1.807, 2.05) is 20.8 Å². The number of hydrogen-bond acceptors (Lipinski definition) is 8. The van der Waals surface area contributed by atoms with Gasteiger partial charge in [0.25, 0.3) is 0 Å². The fourth-order valence-electron chi connectivity index (χ4n) is 1.84. The zero-order valence-electron chi connectivity index (χ0n) is 18.1. The number of rotatable bonds is 19. The number of nitrogens with one attached hydrogen (secondary N) is 2. The van der Waals surface area contributed by atoms with Crippen molar-refractivity contribution in [3.8, 4) is 0 Å². The zero-order chi connectivity index (χ0) is 20.9. The van der Waals surface area contributed by atoms with E-state index in [-0.39, 0.29) is 12.1 Å². The molecule has 0 aliphatic rings. The van der Waals surface area contributed by atoms with Gasteiger partial charge in [-0.1, -0.05) is 6.92 Å². The van der Waals surface area contributed by atoms with Crippen molar-refractivity contribution in [2.45, 2.75) is 33.2 Å². The lowest BCUT2D eigenvalue weighted by Crippen LogP contribution is -2.41. The van der Waals surface area contributed by atoms with Crippen LogP contribution in [0, 0.1) is 0 Å². The molecule has 0 aromatic heterocycles.